The highest BCUT2D eigenvalue weighted by molar-refractivity contribution is 5.95. The average Bonchev–Trinajstić information content (AvgIpc) is 2.45. The SMILES string of the molecule is CCN(CCC(F)(F)F)C(=O)c1cc(OC)cc(OC)c1. The van der Waals surface area contributed by atoms with Crippen LogP contribution in [0.4, 0.5) is 13.2 Å². The summed E-state index contributed by atoms with van der Waals surface area (Å²) in [4.78, 5) is 13.4. The van der Waals surface area contributed by atoms with Crippen molar-refractivity contribution in [2.45, 2.75) is 19.5 Å². The minimum atomic E-state index is -4.29. The molecule has 0 bridgehead atoms. The Hall–Kier alpha value is -1.92. The van der Waals surface area contributed by atoms with E-state index in [-0.39, 0.29) is 18.7 Å². The topological polar surface area (TPSA) is 38.8 Å². The van der Waals surface area contributed by atoms with Gasteiger partial charge in [0.1, 0.15) is 11.5 Å². The van der Waals surface area contributed by atoms with Gasteiger partial charge in [0.05, 0.1) is 20.6 Å². The molecule has 0 N–H and O–H groups in total. The van der Waals surface area contributed by atoms with Crippen molar-refractivity contribution < 1.29 is 27.4 Å². The van der Waals surface area contributed by atoms with E-state index in [1.165, 1.54) is 26.4 Å². The number of carbonyl (C=O) groups excluding carboxylic acids is 1. The molecule has 118 valence electrons. The van der Waals surface area contributed by atoms with Crippen LogP contribution in [0.2, 0.25) is 0 Å². The van der Waals surface area contributed by atoms with Gasteiger partial charge in [-0.3, -0.25) is 4.79 Å². The van der Waals surface area contributed by atoms with Crippen LogP contribution < -0.4 is 9.47 Å². The molecule has 0 spiro atoms. The Morgan fingerprint density at radius 1 is 1.14 bits per heavy atom. The number of nitrogens with zero attached hydrogens (tertiary/aromatic N) is 1. The zero-order valence-corrected chi connectivity index (χ0v) is 12.2. The van der Waals surface area contributed by atoms with Crippen LogP contribution in [0.1, 0.15) is 23.7 Å². The van der Waals surface area contributed by atoms with Crippen LogP contribution in [0.25, 0.3) is 0 Å². The summed E-state index contributed by atoms with van der Waals surface area (Å²) in [6.45, 7) is 1.44. The van der Waals surface area contributed by atoms with Crippen LogP contribution in [0.3, 0.4) is 0 Å². The number of hydrogen-bond donors (Lipinski definition) is 0. The highest BCUT2D eigenvalue weighted by Gasteiger charge is 2.29. The lowest BCUT2D eigenvalue weighted by Crippen LogP contribution is -2.34. The molecule has 7 heteroatoms. The molecule has 1 rings (SSSR count). The first-order valence-corrected chi connectivity index (χ1v) is 6.39. The summed E-state index contributed by atoms with van der Waals surface area (Å²) in [6.07, 6.45) is -5.33. The first-order chi connectivity index (χ1) is 9.80. The van der Waals surface area contributed by atoms with Crippen molar-refractivity contribution in [2.24, 2.45) is 0 Å². The number of amides is 1. The summed E-state index contributed by atoms with van der Waals surface area (Å²) in [5.74, 6) is 0.327. The maximum absolute atomic E-state index is 12.3. The average molecular weight is 305 g/mol. The van der Waals surface area contributed by atoms with Crippen LogP contribution in [-0.4, -0.2) is 44.3 Å². The monoisotopic (exact) mass is 305 g/mol. The fraction of sp³-hybridized carbons (Fsp3) is 0.500. The first-order valence-electron chi connectivity index (χ1n) is 6.39. The molecule has 21 heavy (non-hydrogen) atoms. The van der Waals surface area contributed by atoms with Gasteiger partial charge in [-0.25, -0.2) is 0 Å². The third-order valence-electron chi connectivity index (χ3n) is 2.93. The van der Waals surface area contributed by atoms with Gasteiger partial charge in [0, 0.05) is 24.7 Å². The number of hydrogen-bond acceptors (Lipinski definition) is 3. The third-order valence-corrected chi connectivity index (χ3v) is 2.93. The second-order valence-corrected chi connectivity index (χ2v) is 4.35. The van der Waals surface area contributed by atoms with Gasteiger partial charge in [-0.05, 0) is 19.1 Å². The Balaban J connectivity index is 2.93. The fourth-order valence-electron chi connectivity index (χ4n) is 1.78. The highest BCUT2D eigenvalue weighted by Crippen LogP contribution is 2.24. The highest BCUT2D eigenvalue weighted by atomic mass is 19.4. The number of halogens is 3. The van der Waals surface area contributed by atoms with Crippen LogP contribution in [0.15, 0.2) is 18.2 Å². The summed E-state index contributed by atoms with van der Waals surface area (Å²) < 4.78 is 46.9. The van der Waals surface area contributed by atoms with Crippen LogP contribution >= 0.6 is 0 Å². The number of alkyl halides is 3. The Morgan fingerprint density at radius 3 is 2.05 bits per heavy atom. The minimum absolute atomic E-state index is 0.189. The van der Waals surface area contributed by atoms with Gasteiger partial charge in [-0.2, -0.15) is 13.2 Å². The Bertz CT molecular complexity index is 467. The summed E-state index contributed by atoms with van der Waals surface area (Å²) >= 11 is 0. The second kappa shape index (κ2) is 7.19. The van der Waals surface area contributed by atoms with Crippen molar-refractivity contribution >= 4 is 5.91 Å². The zero-order valence-electron chi connectivity index (χ0n) is 12.2. The Labute approximate surface area is 121 Å². The standard InChI is InChI=1S/C14H18F3NO3/c1-4-18(6-5-14(15,16)17)13(19)10-7-11(20-2)9-12(8-10)21-3/h7-9H,4-6H2,1-3H3. The molecule has 0 saturated heterocycles. The van der Waals surface area contributed by atoms with E-state index in [0.29, 0.717) is 11.5 Å². The summed E-state index contributed by atoms with van der Waals surface area (Å²) in [6, 6.07) is 4.53. The normalized spacial score (nSPS) is 11.1. The molecule has 0 heterocycles. The summed E-state index contributed by atoms with van der Waals surface area (Å²) in [5, 5.41) is 0. The van der Waals surface area contributed by atoms with E-state index < -0.39 is 18.5 Å². The predicted molar refractivity (Wildman–Crippen MR) is 71.8 cm³/mol. The third kappa shape index (κ3) is 5.17. The van der Waals surface area contributed by atoms with Crippen molar-refractivity contribution in [1.82, 2.24) is 4.90 Å². The predicted octanol–water partition coefficient (Wildman–Crippen LogP) is 3.12. The van der Waals surface area contributed by atoms with Gasteiger partial charge in [0.2, 0.25) is 0 Å². The van der Waals surface area contributed by atoms with Gasteiger partial charge in [0.25, 0.3) is 5.91 Å². The van der Waals surface area contributed by atoms with Gasteiger partial charge >= 0.3 is 6.18 Å². The molecular weight excluding hydrogens is 287 g/mol. The van der Waals surface area contributed by atoms with Gasteiger partial charge in [-0.1, -0.05) is 0 Å². The van der Waals surface area contributed by atoms with E-state index in [9.17, 15) is 18.0 Å². The van der Waals surface area contributed by atoms with E-state index in [1.807, 2.05) is 0 Å². The van der Waals surface area contributed by atoms with Gasteiger partial charge in [-0.15, -0.1) is 0 Å². The van der Waals surface area contributed by atoms with E-state index in [0.717, 1.165) is 4.90 Å². The Morgan fingerprint density at radius 2 is 1.67 bits per heavy atom. The molecule has 0 aromatic heterocycles. The Kier molecular flexibility index (Phi) is 5.87. The number of benzene rings is 1. The molecule has 4 nitrogen and oxygen atoms in total. The van der Waals surface area contributed by atoms with E-state index in [4.69, 9.17) is 9.47 Å². The van der Waals surface area contributed by atoms with Crippen LogP contribution in [-0.2, 0) is 0 Å². The molecule has 0 radical (unpaired) electrons. The van der Waals surface area contributed by atoms with Gasteiger partial charge in [0.15, 0.2) is 0 Å². The molecule has 1 aromatic carbocycles. The molecule has 1 amide bonds. The molecule has 0 aliphatic carbocycles. The molecule has 0 aliphatic rings. The second-order valence-electron chi connectivity index (χ2n) is 4.35. The summed E-state index contributed by atoms with van der Waals surface area (Å²) in [7, 11) is 2.87. The lowest BCUT2D eigenvalue weighted by Gasteiger charge is -2.22. The molecule has 0 aliphatic heterocycles. The molecule has 0 saturated carbocycles. The summed E-state index contributed by atoms with van der Waals surface area (Å²) in [5.41, 5.74) is 0.232. The van der Waals surface area contributed by atoms with Gasteiger partial charge < -0.3 is 14.4 Å². The van der Waals surface area contributed by atoms with Crippen molar-refractivity contribution in [3.05, 3.63) is 23.8 Å². The number of ether oxygens (including phenoxy) is 2. The lowest BCUT2D eigenvalue weighted by atomic mass is 10.1. The quantitative estimate of drug-likeness (QED) is 0.810. The first kappa shape index (κ1) is 17.1. The fourth-order valence-corrected chi connectivity index (χ4v) is 1.78. The molecule has 1 aromatic rings. The van der Waals surface area contributed by atoms with E-state index in [1.54, 1.807) is 13.0 Å². The van der Waals surface area contributed by atoms with Crippen molar-refractivity contribution in [3.8, 4) is 11.5 Å². The number of methoxy groups -OCH3 is 2. The molecule has 0 unspecified atom stereocenters. The molecule has 0 fully saturated rings. The zero-order chi connectivity index (χ0) is 16.0. The van der Waals surface area contributed by atoms with Crippen LogP contribution in [0, 0.1) is 0 Å². The van der Waals surface area contributed by atoms with E-state index in [2.05, 4.69) is 0 Å². The van der Waals surface area contributed by atoms with Crippen molar-refractivity contribution in [1.29, 1.82) is 0 Å². The van der Waals surface area contributed by atoms with E-state index >= 15 is 0 Å². The smallest absolute Gasteiger partial charge is 0.390 e. The molecule has 0 atom stereocenters. The molecular formula is C14H18F3NO3. The van der Waals surface area contributed by atoms with Crippen molar-refractivity contribution in [2.75, 3.05) is 27.3 Å². The number of carbonyl (C=O) groups is 1. The lowest BCUT2D eigenvalue weighted by molar-refractivity contribution is -0.136. The largest absolute Gasteiger partial charge is 0.497 e. The van der Waals surface area contributed by atoms with Crippen LogP contribution in [0.5, 0.6) is 11.5 Å². The maximum Gasteiger partial charge on any atom is 0.390 e. The minimum Gasteiger partial charge on any atom is -0.497 e. The maximum atomic E-state index is 12.3. The van der Waals surface area contributed by atoms with Crippen molar-refractivity contribution in [3.63, 3.8) is 0 Å². The number of rotatable bonds is 6.